The number of aryl methyl sites for hydroxylation is 1. The van der Waals surface area contributed by atoms with Gasteiger partial charge in [0.25, 0.3) is 0 Å². The van der Waals surface area contributed by atoms with Crippen LogP contribution < -0.4 is 9.80 Å². The molecule has 4 heterocycles. The van der Waals surface area contributed by atoms with Crippen molar-refractivity contribution in [3.63, 3.8) is 0 Å². The second-order valence-electron chi connectivity index (χ2n) is 8.08. The summed E-state index contributed by atoms with van der Waals surface area (Å²) < 4.78 is 6.21. The van der Waals surface area contributed by atoms with Crippen LogP contribution in [0.25, 0.3) is 22.1 Å². The number of furan rings is 1. The Morgan fingerprint density at radius 1 is 1.04 bits per heavy atom. The summed E-state index contributed by atoms with van der Waals surface area (Å²) in [5, 5.41) is 2.13. The smallest absolute Gasteiger partial charge is 0.227 e. The van der Waals surface area contributed by atoms with E-state index in [4.69, 9.17) is 9.40 Å². The first kappa shape index (κ1) is 16.2. The highest BCUT2D eigenvalue weighted by Crippen LogP contribution is 2.46. The highest BCUT2D eigenvalue weighted by atomic mass is 16.3. The molecule has 0 saturated heterocycles. The van der Waals surface area contributed by atoms with E-state index in [0.29, 0.717) is 5.71 Å². The number of fused-ring (bicyclic) bond motifs is 4. The van der Waals surface area contributed by atoms with Gasteiger partial charge < -0.3 is 14.2 Å². The Balaban J connectivity index is 1.78. The zero-order valence-corrected chi connectivity index (χ0v) is 16.0. The lowest BCUT2D eigenvalue weighted by atomic mass is 9.80. The van der Waals surface area contributed by atoms with Crippen LogP contribution in [0.3, 0.4) is 0 Å². The standard InChI is InChI=1S/C21H21BN4O/c1-13-8-9-14-15-6-4-11-24-20(15)27-18(14)17(13)25-12-26(21(2,3)22)16-7-5-10-23-19(16)25/h4-11H,12,22H2,1-3H3. The van der Waals surface area contributed by atoms with Gasteiger partial charge in [-0.05, 0) is 50.6 Å². The summed E-state index contributed by atoms with van der Waals surface area (Å²) in [5.74, 6) is 0.969. The second-order valence-corrected chi connectivity index (χ2v) is 8.08. The Bertz CT molecular complexity index is 1180. The number of aromatic nitrogens is 2. The SMILES string of the molecule is BC(C)(C)N1CN(c2c(C)ccc3c2oc2ncccc23)c2ncccc21. The Labute approximate surface area is 159 Å². The average Bonchev–Trinajstić information content (AvgIpc) is 3.20. The minimum absolute atomic E-state index is 0.0102. The monoisotopic (exact) mass is 356 g/mol. The quantitative estimate of drug-likeness (QED) is 0.509. The first-order valence-corrected chi connectivity index (χ1v) is 9.22. The van der Waals surface area contributed by atoms with Gasteiger partial charge in [0.15, 0.2) is 11.4 Å². The molecule has 0 radical (unpaired) electrons. The van der Waals surface area contributed by atoms with E-state index in [1.807, 2.05) is 18.3 Å². The summed E-state index contributed by atoms with van der Waals surface area (Å²) in [6, 6.07) is 12.4. The first-order chi connectivity index (χ1) is 12.9. The molecule has 27 heavy (non-hydrogen) atoms. The van der Waals surface area contributed by atoms with E-state index < -0.39 is 0 Å². The molecule has 0 amide bonds. The van der Waals surface area contributed by atoms with Crippen LogP contribution >= 0.6 is 0 Å². The summed E-state index contributed by atoms with van der Waals surface area (Å²) in [6.07, 6.45) is 3.62. The predicted octanol–water partition coefficient (Wildman–Crippen LogP) is 3.97. The Morgan fingerprint density at radius 2 is 1.81 bits per heavy atom. The van der Waals surface area contributed by atoms with Crippen LogP contribution in [0.1, 0.15) is 19.4 Å². The van der Waals surface area contributed by atoms with E-state index in [1.54, 1.807) is 6.20 Å². The van der Waals surface area contributed by atoms with Gasteiger partial charge in [-0.25, -0.2) is 9.97 Å². The van der Waals surface area contributed by atoms with Gasteiger partial charge in [0.2, 0.25) is 5.71 Å². The normalized spacial score (nSPS) is 14.3. The molecule has 0 spiro atoms. The maximum absolute atomic E-state index is 6.21. The summed E-state index contributed by atoms with van der Waals surface area (Å²) >= 11 is 0. The van der Waals surface area contributed by atoms with Crippen LogP contribution in [-0.2, 0) is 0 Å². The molecular weight excluding hydrogens is 335 g/mol. The van der Waals surface area contributed by atoms with Crippen molar-refractivity contribution in [3.8, 4) is 0 Å². The van der Waals surface area contributed by atoms with E-state index in [0.717, 1.165) is 45.8 Å². The Hall–Kier alpha value is -3.02. The molecule has 1 aromatic carbocycles. The van der Waals surface area contributed by atoms with Gasteiger partial charge in [-0.15, -0.1) is 0 Å². The van der Waals surface area contributed by atoms with Crippen LogP contribution in [0.15, 0.2) is 53.2 Å². The molecule has 0 bridgehead atoms. The third-order valence-electron chi connectivity index (χ3n) is 5.27. The Morgan fingerprint density at radius 3 is 2.63 bits per heavy atom. The zero-order valence-electron chi connectivity index (χ0n) is 16.0. The average molecular weight is 356 g/mol. The molecule has 4 aromatic rings. The number of benzene rings is 1. The first-order valence-electron chi connectivity index (χ1n) is 9.22. The van der Waals surface area contributed by atoms with Crippen molar-refractivity contribution in [2.24, 2.45) is 0 Å². The molecule has 5 nitrogen and oxygen atoms in total. The Kier molecular flexibility index (Phi) is 3.29. The largest absolute Gasteiger partial charge is 0.435 e. The van der Waals surface area contributed by atoms with Crippen LogP contribution in [0.4, 0.5) is 17.2 Å². The van der Waals surface area contributed by atoms with Crippen molar-refractivity contribution in [2.75, 3.05) is 16.5 Å². The van der Waals surface area contributed by atoms with E-state index in [-0.39, 0.29) is 5.44 Å². The number of pyridine rings is 2. The van der Waals surface area contributed by atoms with Crippen LogP contribution in [0.5, 0.6) is 0 Å². The number of hydrogen-bond donors (Lipinski definition) is 0. The highest BCUT2D eigenvalue weighted by Gasteiger charge is 2.36. The van der Waals surface area contributed by atoms with Gasteiger partial charge in [0.1, 0.15) is 7.85 Å². The molecule has 0 N–H and O–H groups in total. The number of anilines is 3. The predicted molar refractivity (Wildman–Crippen MR) is 113 cm³/mol. The van der Waals surface area contributed by atoms with Gasteiger partial charge in [-0.1, -0.05) is 12.1 Å². The maximum atomic E-state index is 6.21. The van der Waals surface area contributed by atoms with E-state index in [1.165, 1.54) is 0 Å². The lowest BCUT2D eigenvalue weighted by Crippen LogP contribution is -2.45. The van der Waals surface area contributed by atoms with Crippen LogP contribution in [-0.4, -0.2) is 29.9 Å². The molecule has 6 heteroatoms. The summed E-state index contributed by atoms with van der Waals surface area (Å²) in [5.41, 5.74) is 4.91. The van der Waals surface area contributed by atoms with Gasteiger partial charge in [-0.3, -0.25) is 0 Å². The fourth-order valence-electron chi connectivity index (χ4n) is 3.94. The minimum Gasteiger partial charge on any atom is -0.435 e. The van der Waals surface area contributed by atoms with Crippen molar-refractivity contribution in [3.05, 3.63) is 54.4 Å². The van der Waals surface area contributed by atoms with Crippen molar-refractivity contribution in [1.82, 2.24) is 9.97 Å². The number of hydrogen-bond acceptors (Lipinski definition) is 5. The number of nitrogens with zero attached hydrogens (tertiary/aromatic N) is 4. The van der Waals surface area contributed by atoms with Crippen LogP contribution in [0.2, 0.25) is 0 Å². The number of rotatable bonds is 2. The molecule has 1 aliphatic heterocycles. The molecule has 3 aromatic heterocycles. The van der Waals surface area contributed by atoms with E-state index >= 15 is 0 Å². The van der Waals surface area contributed by atoms with Crippen molar-refractivity contribution in [2.45, 2.75) is 26.2 Å². The van der Waals surface area contributed by atoms with Gasteiger partial charge in [0, 0.05) is 28.6 Å². The fourth-order valence-corrected chi connectivity index (χ4v) is 3.94. The van der Waals surface area contributed by atoms with E-state index in [9.17, 15) is 0 Å². The zero-order chi connectivity index (χ0) is 18.8. The van der Waals surface area contributed by atoms with Gasteiger partial charge in [0.05, 0.1) is 18.0 Å². The molecule has 0 fully saturated rings. The molecule has 5 rings (SSSR count). The topological polar surface area (TPSA) is 45.4 Å². The van der Waals surface area contributed by atoms with Crippen molar-refractivity contribution in [1.29, 1.82) is 0 Å². The molecule has 0 unspecified atom stereocenters. The van der Waals surface area contributed by atoms with Gasteiger partial charge in [-0.2, -0.15) is 0 Å². The summed E-state index contributed by atoms with van der Waals surface area (Å²) in [7, 11) is 2.23. The highest BCUT2D eigenvalue weighted by molar-refractivity contribution is 6.17. The summed E-state index contributed by atoms with van der Waals surface area (Å²) in [4.78, 5) is 13.8. The maximum Gasteiger partial charge on any atom is 0.227 e. The molecular formula is C21H21BN4O. The molecule has 0 saturated carbocycles. The molecule has 1 aliphatic rings. The second kappa shape index (κ2) is 5.49. The fraction of sp³-hybridized carbons (Fsp3) is 0.238. The third kappa shape index (κ3) is 2.32. The van der Waals surface area contributed by atoms with Gasteiger partial charge >= 0.3 is 0 Å². The van der Waals surface area contributed by atoms with Crippen LogP contribution in [0, 0.1) is 6.92 Å². The van der Waals surface area contributed by atoms with Crippen molar-refractivity contribution >= 4 is 47.1 Å². The lowest BCUT2D eigenvalue weighted by molar-refractivity contribution is 0.635. The van der Waals surface area contributed by atoms with E-state index in [2.05, 4.69) is 67.7 Å². The molecule has 0 atom stereocenters. The molecule has 134 valence electrons. The molecule has 0 aliphatic carbocycles. The van der Waals surface area contributed by atoms with Crippen molar-refractivity contribution < 1.29 is 4.42 Å². The third-order valence-corrected chi connectivity index (χ3v) is 5.27. The minimum atomic E-state index is -0.0102. The lowest BCUT2D eigenvalue weighted by Gasteiger charge is -2.34. The summed E-state index contributed by atoms with van der Waals surface area (Å²) in [6.45, 7) is 7.32.